The number of rotatable bonds is 5. The molecule has 6 heteroatoms. The van der Waals surface area contributed by atoms with Crippen LogP contribution in [-0.4, -0.2) is 54.6 Å². The minimum Gasteiger partial charge on any atom is -0.323 e. The van der Waals surface area contributed by atoms with Crippen LogP contribution in [0.25, 0.3) is 0 Å². The second-order valence-electron chi connectivity index (χ2n) is 8.44. The van der Waals surface area contributed by atoms with Gasteiger partial charge in [-0.3, -0.25) is 14.5 Å². The first-order valence-electron chi connectivity index (χ1n) is 9.84. The number of amides is 1. The Hall–Kier alpha value is -1.66. The van der Waals surface area contributed by atoms with Gasteiger partial charge in [-0.25, -0.2) is 0 Å². The molecule has 1 saturated heterocycles. The molecule has 0 radical (unpaired) electrons. The van der Waals surface area contributed by atoms with Crippen LogP contribution < -0.4 is 15.8 Å². The van der Waals surface area contributed by atoms with Gasteiger partial charge in [0.1, 0.15) is 0 Å². The zero-order valence-electron chi connectivity index (χ0n) is 16.5. The van der Waals surface area contributed by atoms with E-state index in [-0.39, 0.29) is 16.9 Å². The van der Waals surface area contributed by atoms with Crippen molar-refractivity contribution in [3.63, 3.8) is 0 Å². The predicted octanol–water partition coefficient (Wildman–Crippen LogP) is 1.64. The summed E-state index contributed by atoms with van der Waals surface area (Å²) in [7, 11) is 0. The molecule has 2 aliphatic rings. The molecule has 6 nitrogen and oxygen atoms in total. The van der Waals surface area contributed by atoms with Crippen molar-refractivity contribution in [2.75, 3.05) is 37.6 Å². The number of pyridine rings is 1. The normalized spacial score (nSPS) is 22.5. The summed E-state index contributed by atoms with van der Waals surface area (Å²) in [6, 6.07) is 2.37. The van der Waals surface area contributed by atoms with Crippen molar-refractivity contribution >= 4 is 11.6 Å². The average molecular weight is 361 g/mol. The molecule has 0 saturated carbocycles. The molecule has 2 aliphatic heterocycles. The smallest absolute Gasteiger partial charge is 0.251 e. The van der Waals surface area contributed by atoms with Gasteiger partial charge in [-0.2, -0.15) is 0 Å². The maximum absolute atomic E-state index is 13.1. The number of fused-ring (bicyclic) bond motifs is 1. The van der Waals surface area contributed by atoms with Crippen LogP contribution in [0.15, 0.2) is 10.9 Å². The number of anilines is 1. The number of nitrogens with one attached hydrogen (secondary N) is 2. The first-order chi connectivity index (χ1) is 12.3. The zero-order valence-corrected chi connectivity index (χ0v) is 16.5. The molecule has 0 aliphatic carbocycles. The summed E-state index contributed by atoms with van der Waals surface area (Å²) in [5.74, 6) is 0.124. The molecule has 2 N–H and O–H groups in total. The molecule has 3 rings (SSSR count). The van der Waals surface area contributed by atoms with Crippen molar-refractivity contribution in [2.24, 2.45) is 0 Å². The van der Waals surface area contributed by atoms with E-state index in [4.69, 9.17) is 0 Å². The average Bonchev–Trinajstić information content (AvgIpc) is 2.84. The summed E-state index contributed by atoms with van der Waals surface area (Å²) in [5.41, 5.74) is 2.34. The lowest BCUT2D eigenvalue weighted by atomic mass is 9.91. The molecular formula is C20H32N4O2. The Morgan fingerprint density at radius 3 is 2.85 bits per heavy atom. The molecule has 1 aromatic rings. The van der Waals surface area contributed by atoms with Crippen LogP contribution in [0.4, 0.5) is 5.69 Å². The minimum absolute atomic E-state index is 0.00416. The summed E-state index contributed by atoms with van der Waals surface area (Å²) in [6.45, 7) is 12.2. The van der Waals surface area contributed by atoms with Crippen molar-refractivity contribution in [3.05, 3.63) is 27.7 Å². The number of aromatic amines is 1. The van der Waals surface area contributed by atoms with Gasteiger partial charge in [0.2, 0.25) is 5.91 Å². The van der Waals surface area contributed by atoms with Crippen LogP contribution >= 0.6 is 0 Å². The summed E-state index contributed by atoms with van der Waals surface area (Å²) in [4.78, 5) is 32.7. The van der Waals surface area contributed by atoms with E-state index in [0.29, 0.717) is 19.1 Å². The van der Waals surface area contributed by atoms with Gasteiger partial charge in [0.05, 0.1) is 12.2 Å². The zero-order chi connectivity index (χ0) is 18.9. The van der Waals surface area contributed by atoms with E-state index in [1.54, 1.807) is 0 Å². The van der Waals surface area contributed by atoms with Gasteiger partial charge in [-0.1, -0.05) is 27.2 Å². The van der Waals surface area contributed by atoms with E-state index in [2.05, 4.69) is 42.9 Å². The highest BCUT2D eigenvalue weighted by molar-refractivity contribution is 5.97. The fraction of sp³-hybridized carbons (Fsp3) is 0.700. The topological polar surface area (TPSA) is 68.4 Å². The number of aromatic nitrogens is 1. The second kappa shape index (κ2) is 7.53. The highest BCUT2D eigenvalue weighted by Gasteiger charge is 2.39. The number of unbranched alkanes of at least 4 members (excludes halogenated alkanes) is 1. The first-order valence-corrected chi connectivity index (χ1v) is 9.84. The maximum atomic E-state index is 13.1. The van der Waals surface area contributed by atoms with E-state index >= 15 is 0 Å². The largest absolute Gasteiger partial charge is 0.323 e. The summed E-state index contributed by atoms with van der Waals surface area (Å²) >= 11 is 0. The molecule has 0 bridgehead atoms. The van der Waals surface area contributed by atoms with Gasteiger partial charge in [0.15, 0.2) is 0 Å². The van der Waals surface area contributed by atoms with E-state index < -0.39 is 0 Å². The molecule has 0 spiro atoms. The van der Waals surface area contributed by atoms with Crippen LogP contribution in [0.5, 0.6) is 0 Å². The fourth-order valence-electron chi connectivity index (χ4n) is 4.06. The lowest BCUT2D eigenvalue weighted by Gasteiger charge is -2.32. The molecule has 0 aromatic carbocycles. The quantitative estimate of drug-likeness (QED) is 0.838. The van der Waals surface area contributed by atoms with E-state index in [9.17, 15) is 9.59 Å². The number of nitrogens with zero attached hydrogens (tertiary/aromatic N) is 2. The van der Waals surface area contributed by atoms with Gasteiger partial charge in [-0.15, -0.1) is 0 Å². The molecule has 144 valence electrons. The molecular weight excluding hydrogens is 328 g/mol. The third-order valence-electron chi connectivity index (χ3n) is 5.53. The number of carbonyl (C=O) groups is 1. The van der Waals surface area contributed by atoms with Crippen LogP contribution in [0.3, 0.4) is 0 Å². The number of carbonyl (C=O) groups excluding carboxylic acids is 1. The number of aryl methyl sites for hydroxylation is 1. The van der Waals surface area contributed by atoms with Gasteiger partial charge in [0, 0.05) is 48.9 Å². The summed E-state index contributed by atoms with van der Waals surface area (Å²) in [6.07, 6.45) is 2.79. The van der Waals surface area contributed by atoms with Crippen LogP contribution in [0, 0.1) is 0 Å². The van der Waals surface area contributed by atoms with E-state index in [1.165, 1.54) is 0 Å². The van der Waals surface area contributed by atoms with Crippen molar-refractivity contribution in [3.8, 4) is 0 Å². The fourth-order valence-corrected chi connectivity index (χ4v) is 4.06. The molecule has 1 fully saturated rings. The Kier molecular flexibility index (Phi) is 5.53. The van der Waals surface area contributed by atoms with Crippen LogP contribution in [0.2, 0.25) is 0 Å². The molecule has 1 atom stereocenters. The van der Waals surface area contributed by atoms with Crippen molar-refractivity contribution in [1.82, 2.24) is 15.2 Å². The maximum Gasteiger partial charge on any atom is 0.251 e. The van der Waals surface area contributed by atoms with Gasteiger partial charge in [0.25, 0.3) is 5.56 Å². The first kappa shape index (κ1) is 19.1. The van der Waals surface area contributed by atoms with Crippen LogP contribution in [-0.2, 0) is 16.6 Å². The number of hydrogen-bond donors (Lipinski definition) is 2. The van der Waals surface area contributed by atoms with E-state index in [1.807, 2.05) is 11.0 Å². The Labute approximate surface area is 156 Å². The highest BCUT2D eigenvalue weighted by atomic mass is 16.2. The van der Waals surface area contributed by atoms with Crippen molar-refractivity contribution in [2.45, 2.75) is 58.4 Å². The molecule has 1 amide bonds. The Bertz CT molecular complexity index is 725. The number of piperazine rings is 1. The summed E-state index contributed by atoms with van der Waals surface area (Å²) in [5, 5.41) is 3.41. The molecule has 26 heavy (non-hydrogen) atoms. The highest BCUT2D eigenvalue weighted by Crippen LogP contribution is 2.38. The van der Waals surface area contributed by atoms with Crippen molar-refractivity contribution in [1.29, 1.82) is 0 Å². The van der Waals surface area contributed by atoms with E-state index in [0.717, 1.165) is 55.8 Å². The summed E-state index contributed by atoms with van der Waals surface area (Å²) < 4.78 is 0. The predicted molar refractivity (Wildman–Crippen MR) is 105 cm³/mol. The Morgan fingerprint density at radius 2 is 2.15 bits per heavy atom. The second-order valence-corrected chi connectivity index (χ2v) is 8.44. The Morgan fingerprint density at radius 1 is 1.38 bits per heavy atom. The third-order valence-corrected chi connectivity index (χ3v) is 5.53. The number of H-pyrrole nitrogens is 1. The standard InChI is InChI=1S/C20H32N4O2/c1-5-6-7-15-10-16-18(22-19(15)26)20(3,4)13-24(16)17(25)12-23-9-8-21-14(2)11-23/h10,14,21H,5-9,11-13H2,1-4H3,(H,22,26)/t14-/m1/s1. The van der Waals surface area contributed by atoms with Crippen molar-refractivity contribution < 1.29 is 4.79 Å². The minimum atomic E-state index is -0.232. The SMILES string of the molecule is CCCCc1cc2c([nH]c1=O)C(C)(C)CN2C(=O)CN1CCN[C@H](C)C1. The van der Waals surface area contributed by atoms with Gasteiger partial charge < -0.3 is 15.2 Å². The lowest BCUT2D eigenvalue weighted by molar-refractivity contribution is -0.120. The van der Waals surface area contributed by atoms with Gasteiger partial charge in [-0.05, 0) is 25.8 Å². The Balaban J connectivity index is 1.84. The molecule has 0 unspecified atom stereocenters. The number of hydrogen-bond acceptors (Lipinski definition) is 4. The third kappa shape index (κ3) is 3.86. The van der Waals surface area contributed by atoms with Gasteiger partial charge >= 0.3 is 0 Å². The van der Waals surface area contributed by atoms with Crippen LogP contribution in [0.1, 0.15) is 51.8 Å². The molecule has 1 aromatic heterocycles. The molecule has 3 heterocycles. The lowest BCUT2D eigenvalue weighted by Crippen LogP contribution is -2.52. The monoisotopic (exact) mass is 360 g/mol.